The molecule has 1 rings (SSSR count). The minimum absolute atomic E-state index is 0.323. The first-order valence-electron chi connectivity index (χ1n) is 4.62. The summed E-state index contributed by atoms with van der Waals surface area (Å²) in [7, 11) is 1.90. The molecule has 1 aromatic heterocycles. The van der Waals surface area contributed by atoms with Crippen LogP contribution in [0.5, 0.6) is 0 Å². The van der Waals surface area contributed by atoms with E-state index in [4.69, 9.17) is 0 Å². The zero-order valence-electron chi connectivity index (χ0n) is 8.18. The summed E-state index contributed by atoms with van der Waals surface area (Å²) in [5.41, 5.74) is 0. The second kappa shape index (κ2) is 6.32. The van der Waals surface area contributed by atoms with Gasteiger partial charge in [0.1, 0.15) is 5.78 Å². The van der Waals surface area contributed by atoms with Crippen LogP contribution in [0, 0.1) is 0 Å². The van der Waals surface area contributed by atoms with Crippen LogP contribution in [-0.4, -0.2) is 19.4 Å². The third kappa shape index (κ3) is 3.90. The number of halogens is 1. The van der Waals surface area contributed by atoms with Crippen molar-refractivity contribution in [3.8, 4) is 0 Å². The van der Waals surface area contributed by atoms with Gasteiger partial charge in [-0.25, -0.2) is 0 Å². The Kier molecular flexibility index (Phi) is 5.37. The first kappa shape index (κ1) is 11.9. The molecule has 0 amide bonds. The van der Waals surface area contributed by atoms with Crippen LogP contribution in [0.1, 0.15) is 17.7 Å². The number of carbonyl (C=O) groups is 1. The zero-order chi connectivity index (χ0) is 10.4. The number of carbonyl (C=O) groups excluding carboxylic acids is 1. The summed E-state index contributed by atoms with van der Waals surface area (Å²) in [4.78, 5) is 12.6. The predicted molar refractivity (Wildman–Crippen MR) is 63.9 cm³/mol. The number of hydrogen-bond acceptors (Lipinski definition) is 3. The van der Waals surface area contributed by atoms with Gasteiger partial charge in [-0.2, -0.15) is 0 Å². The van der Waals surface area contributed by atoms with E-state index in [0.29, 0.717) is 18.6 Å². The van der Waals surface area contributed by atoms with E-state index in [-0.39, 0.29) is 0 Å². The maximum absolute atomic E-state index is 11.5. The Labute approximate surface area is 96.8 Å². The van der Waals surface area contributed by atoms with Crippen LogP contribution >= 0.6 is 27.3 Å². The maximum atomic E-state index is 11.5. The van der Waals surface area contributed by atoms with E-state index in [9.17, 15) is 4.79 Å². The minimum atomic E-state index is 0.323. The van der Waals surface area contributed by atoms with Gasteiger partial charge in [-0.05, 0) is 47.4 Å². The fraction of sp³-hybridized carbons (Fsp3) is 0.500. The average molecular weight is 276 g/mol. The highest BCUT2D eigenvalue weighted by molar-refractivity contribution is 9.10. The van der Waals surface area contributed by atoms with Crippen molar-refractivity contribution >= 4 is 33.0 Å². The lowest BCUT2D eigenvalue weighted by Crippen LogP contribution is -2.10. The molecular formula is C10H14BrNOS. The van der Waals surface area contributed by atoms with Crippen LogP contribution < -0.4 is 5.32 Å². The van der Waals surface area contributed by atoms with Crippen molar-refractivity contribution in [3.63, 3.8) is 0 Å². The van der Waals surface area contributed by atoms with Crippen molar-refractivity contribution in [1.82, 2.24) is 5.32 Å². The Hall–Kier alpha value is -0.190. The molecule has 0 atom stereocenters. The van der Waals surface area contributed by atoms with E-state index in [1.54, 1.807) is 11.3 Å². The van der Waals surface area contributed by atoms with Gasteiger partial charge in [-0.3, -0.25) is 4.79 Å². The fourth-order valence-electron chi connectivity index (χ4n) is 1.18. The molecule has 0 fully saturated rings. The predicted octanol–water partition coefficient (Wildman–Crippen LogP) is 2.62. The molecule has 0 aliphatic heterocycles. The lowest BCUT2D eigenvalue weighted by atomic mass is 10.1. The topological polar surface area (TPSA) is 29.1 Å². The van der Waals surface area contributed by atoms with Gasteiger partial charge in [0, 0.05) is 22.2 Å². The summed E-state index contributed by atoms with van der Waals surface area (Å²) in [6, 6.07) is 1.99. The van der Waals surface area contributed by atoms with Crippen LogP contribution in [-0.2, 0) is 11.2 Å². The Balaban J connectivity index is 2.31. The van der Waals surface area contributed by atoms with Crippen LogP contribution in [0.3, 0.4) is 0 Å². The van der Waals surface area contributed by atoms with Crippen molar-refractivity contribution in [2.24, 2.45) is 0 Å². The first-order valence-corrected chi connectivity index (χ1v) is 6.29. The molecule has 0 aromatic carbocycles. The Bertz CT molecular complexity index is 298. The molecule has 1 N–H and O–H groups in total. The van der Waals surface area contributed by atoms with E-state index in [0.717, 1.165) is 22.3 Å². The molecule has 78 valence electrons. The molecule has 0 aliphatic rings. The molecule has 0 radical (unpaired) electrons. The van der Waals surface area contributed by atoms with Crippen molar-refractivity contribution in [2.45, 2.75) is 19.3 Å². The van der Waals surface area contributed by atoms with E-state index < -0.39 is 0 Å². The van der Waals surface area contributed by atoms with Gasteiger partial charge in [0.05, 0.1) is 0 Å². The number of ketones is 1. The third-order valence-electron chi connectivity index (χ3n) is 1.93. The second-order valence-corrected chi connectivity index (χ2v) is 4.97. The van der Waals surface area contributed by atoms with Gasteiger partial charge < -0.3 is 5.32 Å². The molecule has 1 heterocycles. The summed E-state index contributed by atoms with van der Waals surface area (Å²) in [6.07, 6.45) is 2.17. The second-order valence-electron chi connectivity index (χ2n) is 3.11. The van der Waals surface area contributed by atoms with Gasteiger partial charge >= 0.3 is 0 Å². The lowest BCUT2D eigenvalue weighted by molar-refractivity contribution is -0.118. The summed E-state index contributed by atoms with van der Waals surface area (Å²) in [6.45, 7) is 0.914. The number of nitrogens with one attached hydrogen (secondary N) is 1. The zero-order valence-corrected chi connectivity index (χ0v) is 10.6. The standard InChI is InChI=1S/C10H14BrNOS/c1-12-5-2-3-8(13)7-10-9(11)4-6-14-10/h4,6,12H,2-3,5,7H2,1H3. The van der Waals surface area contributed by atoms with Crippen LogP contribution in [0.2, 0.25) is 0 Å². The van der Waals surface area contributed by atoms with Crippen LogP contribution in [0.25, 0.3) is 0 Å². The summed E-state index contributed by atoms with van der Waals surface area (Å²) < 4.78 is 1.06. The van der Waals surface area contributed by atoms with E-state index in [1.165, 1.54) is 0 Å². The first-order chi connectivity index (χ1) is 6.74. The van der Waals surface area contributed by atoms with Gasteiger partial charge in [0.2, 0.25) is 0 Å². The van der Waals surface area contributed by atoms with Crippen molar-refractivity contribution in [2.75, 3.05) is 13.6 Å². The molecule has 4 heteroatoms. The molecule has 14 heavy (non-hydrogen) atoms. The largest absolute Gasteiger partial charge is 0.320 e. The molecule has 0 bridgehead atoms. The number of hydrogen-bond donors (Lipinski definition) is 1. The van der Waals surface area contributed by atoms with E-state index >= 15 is 0 Å². The average Bonchev–Trinajstić information content (AvgIpc) is 2.52. The van der Waals surface area contributed by atoms with Crippen molar-refractivity contribution in [1.29, 1.82) is 0 Å². The SMILES string of the molecule is CNCCCC(=O)Cc1sccc1Br. The van der Waals surface area contributed by atoms with Gasteiger partial charge in [-0.1, -0.05) is 0 Å². The molecule has 0 unspecified atom stereocenters. The lowest BCUT2D eigenvalue weighted by Gasteiger charge is -1.99. The summed E-state index contributed by atoms with van der Waals surface area (Å²) in [5, 5.41) is 5.03. The van der Waals surface area contributed by atoms with Gasteiger partial charge in [-0.15, -0.1) is 11.3 Å². The molecular weight excluding hydrogens is 262 g/mol. The molecule has 2 nitrogen and oxygen atoms in total. The maximum Gasteiger partial charge on any atom is 0.138 e. The monoisotopic (exact) mass is 275 g/mol. The highest BCUT2D eigenvalue weighted by Crippen LogP contribution is 2.23. The third-order valence-corrected chi connectivity index (χ3v) is 3.86. The van der Waals surface area contributed by atoms with Crippen LogP contribution in [0.15, 0.2) is 15.9 Å². The number of rotatable bonds is 6. The van der Waals surface area contributed by atoms with E-state index in [1.807, 2.05) is 18.5 Å². The van der Waals surface area contributed by atoms with Crippen LogP contribution in [0.4, 0.5) is 0 Å². The Morgan fingerprint density at radius 1 is 1.64 bits per heavy atom. The smallest absolute Gasteiger partial charge is 0.138 e. The summed E-state index contributed by atoms with van der Waals surface area (Å²) >= 11 is 5.06. The normalized spacial score (nSPS) is 10.4. The molecule has 0 spiro atoms. The minimum Gasteiger partial charge on any atom is -0.320 e. The van der Waals surface area contributed by atoms with Gasteiger partial charge in [0.15, 0.2) is 0 Å². The number of thiophene rings is 1. The fourth-order valence-corrected chi connectivity index (χ4v) is 2.70. The molecule has 0 saturated heterocycles. The number of Topliss-reactive ketones (excluding diaryl/α,β-unsaturated/α-hetero) is 1. The van der Waals surface area contributed by atoms with E-state index in [2.05, 4.69) is 21.2 Å². The Morgan fingerprint density at radius 3 is 3.00 bits per heavy atom. The highest BCUT2D eigenvalue weighted by atomic mass is 79.9. The van der Waals surface area contributed by atoms with Crippen molar-refractivity contribution in [3.05, 3.63) is 20.8 Å². The molecule has 1 aromatic rings. The summed E-state index contributed by atoms with van der Waals surface area (Å²) in [5.74, 6) is 0.323. The molecule has 0 aliphatic carbocycles. The molecule has 0 saturated carbocycles. The van der Waals surface area contributed by atoms with Gasteiger partial charge in [0.25, 0.3) is 0 Å². The van der Waals surface area contributed by atoms with Crippen molar-refractivity contribution < 1.29 is 4.79 Å². The Morgan fingerprint density at radius 2 is 2.43 bits per heavy atom. The quantitative estimate of drug-likeness (QED) is 0.809. The highest BCUT2D eigenvalue weighted by Gasteiger charge is 2.07.